The van der Waals surface area contributed by atoms with Gasteiger partial charge in [-0.1, -0.05) is 55.7 Å². The van der Waals surface area contributed by atoms with E-state index < -0.39 is 5.63 Å². The number of aromatic hydroxyl groups is 1. The lowest BCUT2D eigenvalue weighted by Crippen LogP contribution is -2.12. The second kappa shape index (κ2) is 6.75. The van der Waals surface area contributed by atoms with Gasteiger partial charge >= 0.3 is 5.63 Å². The SMILES string of the molecule is O=c1oc2ccccc2c(O)c1Cc1ccccc1C1CCCCC1. The van der Waals surface area contributed by atoms with Crippen molar-refractivity contribution in [1.82, 2.24) is 0 Å². The summed E-state index contributed by atoms with van der Waals surface area (Å²) < 4.78 is 5.42. The Labute approximate surface area is 146 Å². The van der Waals surface area contributed by atoms with Crippen LogP contribution >= 0.6 is 0 Å². The standard InChI is InChI=1S/C22H22O3/c23-21-18-12-6-7-13-20(18)25-22(24)19(21)14-16-10-4-5-11-17(16)15-8-2-1-3-9-15/h4-7,10-13,15,23H,1-3,8-9,14H2. The second-order valence-corrected chi connectivity index (χ2v) is 6.92. The molecule has 0 spiro atoms. The summed E-state index contributed by atoms with van der Waals surface area (Å²) in [6.45, 7) is 0. The van der Waals surface area contributed by atoms with Gasteiger partial charge in [0.15, 0.2) is 0 Å². The number of fused-ring (bicyclic) bond motifs is 1. The van der Waals surface area contributed by atoms with Crippen LogP contribution in [0.5, 0.6) is 5.75 Å². The van der Waals surface area contributed by atoms with Crippen LogP contribution in [0.15, 0.2) is 57.7 Å². The summed E-state index contributed by atoms with van der Waals surface area (Å²) >= 11 is 0. The fourth-order valence-corrected chi connectivity index (χ4v) is 4.03. The summed E-state index contributed by atoms with van der Waals surface area (Å²) in [4.78, 5) is 12.4. The van der Waals surface area contributed by atoms with Gasteiger partial charge in [-0.05, 0) is 42.0 Å². The summed E-state index contributed by atoms with van der Waals surface area (Å²) in [6.07, 6.45) is 6.66. The van der Waals surface area contributed by atoms with Gasteiger partial charge in [-0.15, -0.1) is 0 Å². The molecule has 1 aliphatic carbocycles. The Morgan fingerprint density at radius 3 is 2.52 bits per heavy atom. The van der Waals surface area contributed by atoms with Gasteiger partial charge in [-0.2, -0.15) is 0 Å². The van der Waals surface area contributed by atoms with E-state index in [0.29, 0.717) is 28.9 Å². The van der Waals surface area contributed by atoms with Crippen molar-refractivity contribution in [3.63, 3.8) is 0 Å². The Bertz CT molecular complexity index is 949. The van der Waals surface area contributed by atoms with Gasteiger partial charge in [0.2, 0.25) is 0 Å². The molecule has 0 atom stereocenters. The van der Waals surface area contributed by atoms with Gasteiger partial charge in [0.05, 0.1) is 10.9 Å². The molecule has 1 aromatic heterocycles. The lowest BCUT2D eigenvalue weighted by atomic mass is 9.81. The van der Waals surface area contributed by atoms with Crippen LogP contribution in [-0.4, -0.2) is 5.11 Å². The molecule has 1 fully saturated rings. The number of para-hydroxylation sites is 1. The van der Waals surface area contributed by atoms with Crippen molar-refractivity contribution in [2.45, 2.75) is 44.4 Å². The maximum absolute atomic E-state index is 12.4. The predicted octanol–water partition coefficient (Wildman–Crippen LogP) is 5.14. The molecule has 25 heavy (non-hydrogen) atoms. The molecule has 0 unspecified atom stereocenters. The molecule has 0 radical (unpaired) electrons. The molecular weight excluding hydrogens is 312 g/mol. The molecule has 2 aromatic carbocycles. The third kappa shape index (κ3) is 3.07. The van der Waals surface area contributed by atoms with Crippen molar-refractivity contribution in [3.8, 4) is 5.75 Å². The van der Waals surface area contributed by atoms with Gasteiger partial charge in [0, 0.05) is 6.42 Å². The van der Waals surface area contributed by atoms with Gasteiger partial charge in [0.1, 0.15) is 11.3 Å². The summed E-state index contributed by atoms with van der Waals surface area (Å²) in [5, 5.41) is 11.2. The van der Waals surface area contributed by atoms with Gasteiger partial charge in [-0.25, -0.2) is 4.79 Å². The minimum absolute atomic E-state index is 0.0466. The predicted molar refractivity (Wildman–Crippen MR) is 99.2 cm³/mol. The zero-order chi connectivity index (χ0) is 17.2. The zero-order valence-electron chi connectivity index (χ0n) is 14.2. The van der Waals surface area contributed by atoms with Crippen molar-refractivity contribution >= 4 is 11.0 Å². The monoisotopic (exact) mass is 334 g/mol. The Kier molecular flexibility index (Phi) is 4.31. The second-order valence-electron chi connectivity index (χ2n) is 6.92. The summed E-state index contributed by atoms with van der Waals surface area (Å²) in [5.74, 6) is 0.602. The Morgan fingerprint density at radius 1 is 0.960 bits per heavy atom. The normalized spacial score (nSPS) is 15.5. The van der Waals surface area contributed by atoms with E-state index in [1.807, 2.05) is 12.1 Å². The van der Waals surface area contributed by atoms with E-state index in [0.717, 1.165) is 5.56 Å². The quantitative estimate of drug-likeness (QED) is 0.675. The molecule has 3 aromatic rings. The molecule has 1 saturated carbocycles. The smallest absolute Gasteiger partial charge is 0.343 e. The zero-order valence-corrected chi connectivity index (χ0v) is 14.2. The van der Waals surface area contributed by atoms with E-state index in [4.69, 9.17) is 4.42 Å². The first-order valence-corrected chi connectivity index (χ1v) is 9.05. The maximum Gasteiger partial charge on any atom is 0.343 e. The molecule has 0 bridgehead atoms. The molecule has 4 rings (SSSR count). The van der Waals surface area contributed by atoms with Crippen LogP contribution < -0.4 is 5.63 Å². The Morgan fingerprint density at radius 2 is 1.68 bits per heavy atom. The average Bonchev–Trinajstić information content (AvgIpc) is 2.66. The third-order valence-corrected chi connectivity index (χ3v) is 5.34. The molecule has 1 aliphatic rings. The van der Waals surface area contributed by atoms with E-state index in [9.17, 15) is 9.90 Å². The van der Waals surface area contributed by atoms with E-state index in [1.54, 1.807) is 18.2 Å². The van der Waals surface area contributed by atoms with Crippen molar-refractivity contribution in [3.05, 3.63) is 75.6 Å². The molecule has 3 nitrogen and oxygen atoms in total. The molecular formula is C22H22O3. The molecule has 128 valence electrons. The first-order chi connectivity index (χ1) is 12.2. The van der Waals surface area contributed by atoms with Gasteiger partial charge in [0.25, 0.3) is 0 Å². The van der Waals surface area contributed by atoms with Crippen molar-refractivity contribution in [2.75, 3.05) is 0 Å². The molecule has 3 heteroatoms. The number of hydrogen-bond donors (Lipinski definition) is 1. The molecule has 0 amide bonds. The fraction of sp³-hybridized carbons (Fsp3) is 0.318. The lowest BCUT2D eigenvalue weighted by molar-refractivity contribution is 0.440. The van der Waals surface area contributed by atoms with Crippen molar-refractivity contribution in [1.29, 1.82) is 0 Å². The highest BCUT2D eigenvalue weighted by atomic mass is 16.4. The van der Waals surface area contributed by atoms with Crippen LogP contribution in [0.25, 0.3) is 11.0 Å². The lowest BCUT2D eigenvalue weighted by Gasteiger charge is -2.24. The first kappa shape index (κ1) is 15.9. The molecule has 1 N–H and O–H groups in total. The maximum atomic E-state index is 12.4. The van der Waals surface area contributed by atoms with E-state index in [-0.39, 0.29) is 5.75 Å². The highest BCUT2D eigenvalue weighted by Crippen LogP contribution is 2.36. The number of benzene rings is 2. The Balaban J connectivity index is 1.76. The summed E-state index contributed by atoms with van der Waals surface area (Å²) in [6, 6.07) is 15.4. The van der Waals surface area contributed by atoms with Crippen LogP contribution in [0.1, 0.15) is 54.7 Å². The van der Waals surface area contributed by atoms with Crippen molar-refractivity contribution < 1.29 is 9.52 Å². The van der Waals surface area contributed by atoms with Gasteiger partial charge in [-0.3, -0.25) is 0 Å². The highest BCUT2D eigenvalue weighted by Gasteiger charge is 2.20. The average molecular weight is 334 g/mol. The third-order valence-electron chi connectivity index (χ3n) is 5.34. The number of hydrogen-bond acceptors (Lipinski definition) is 3. The van der Waals surface area contributed by atoms with E-state index in [2.05, 4.69) is 18.2 Å². The van der Waals surface area contributed by atoms with Crippen LogP contribution in [0.4, 0.5) is 0 Å². The van der Waals surface area contributed by atoms with Crippen LogP contribution in [0.2, 0.25) is 0 Å². The summed E-state index contributed by atoms with van der Waals surface area (Å²) in [7, 11) is 0. The van der Waals surface area contributed by atoms with E-state index in [1.165, 1.54) is 37.7 Å². The minimum Gasteiger partial charge on any atom is -0.507 e. The Hall–Kier alpha value is -2.55. The largest absolute Gasteiger partial charge is 0.507 e. The van der Waals surface area contributed by atoms with Crippen molar-refractivity contribution in [2.24, 2.45) is 0 Å². The van der Waals surface area contributed by atoms with Crippen LogP contribution in [-0.2, 0) is 6.42 Å². The molecule has 0 saturated heterocycles. The van der Waals surface area contributed by atoms with Crippen LogP contribution in [0, 0.1) is 0 Å². The summed E-state index contributed by atoms with van der Waals surface area (Å²) in [5.41, 5.74) is 2.76. The molecule has 0 aliphatic heterocycles. The molecule has 1 heterocycles. The minimum atomic E-state index is -0.449. The van der Waals surface area contributed by atoms with Crippen LogP contribution in [0.3, 0.4) is 0 Å². The fourth-order valence-electron chi connectivity index (χ4n) is 4.03. The highest BCUT2D eigenvalue weighted by molar-refractivity contribution is 5.84. The van der Waals surface area contributed by atoms with E-state index >= 15 is 0 Å². The van der Waals surface area contributed by atoms with Gasteiger partial charge < -0.3 is 9.52 Å². The first-order valence-electron chi connectivity index (χ1n) is 9.05. The number of rotatable bonds is 3. The topological polar surface area (TPSA) is 50.4 Å².